The second-order valence-electron chi connectivity index (χ2n) is 12.9. The van der Waals surface area contributed by atoms with Crippen LogP contribution < -0.4 is 0 Å². The van der Waals surface area contributed by atoms with Gasteiger partial charge in [-0.15, -0.1) is 0 Å². The summed E-state index contributed by atoms with van der Waals surface area (Å²) in [6.45, 7) is 7.11. The van der Waals surface area contributed by atoms with Crippen molar-refractivity contribution in [3.8, 4) is 0 Å². The molecule has 0 amide bonds. The molecular weight excluding hydrogens is 430 g/mol. The van der Waals surface area contributed by atoms with Crippen LogP contribution in [0.2, 0.25) is 0 Å². The number of nitrogens with zero attached hydrogens (tertiary/aromatic N) is 1. The monoisotopic (exact) mass is 477 g/mol. The maximum atomic E-state index is 13.1. The number of carbonyl (C=O) groups is 1. The molecule has 0 N–H and O–H groups in total. The van der Waals surface area contributed by atoms with E-state index in [9.17, 15) is 4.79 Å². The third-order valence-corrected chi connectivity index (χ3v) is 10.9. The van der Waals surface area contributed by atoms with Crippen LogP contribution in [-0.2, 0) is 4.74 Å². The minimum Gasteiger partial charge on any atom is -0.374 e. The first kappa shape index (κ1) is 25.2. The molecule has 7 unspecified atom stereocenters. The van der Waals surface area contributed by atoms with Crippen molar-refractivity contribution in [1.82, 2.24) is 4.90 Å². The number of hydrogen-bond acceptors (Lipinski definition) is 3. The van der Waals surface area contributed by atoms with Gasteiger partial charge in [-0.25, -0.2) is 0 Å². The molecule has 0 aliphatic heterocycles. The summed E-state index contributed by atoms with van der Waals surface area (Å²) in [5.74, 6) is 3.36. The second-order valence-corrected chi connectivity index (χ2v) is 12.9. The Morgan fingerprint density at radius 1 is 1.00 bits per heavy atom. The number of hydrogen-bond donors (Lipinski definition) is 0. The quantitative estimate of drug-likeness (QED) is 0.226. The van der Waals surface area contributed by atoms with Gasteiger partial charge >= 0.3 is 0 Å². The Bertz CT molecular complexity index is 923. The van der Waals surface area contributed by atoms with Crippen molar-refractivity contribution in [2.75, 3.05) is 27.2 Å². The maximum absolute atomic E-state index is 13.1. The molecular formula is C32H47NO2. The van der Waals surface area contributed by atoms with E-state index < -0.39 is 0 Å². The number of ether oxygens (including phenoxy) is 1. The average molecular weight is 478 g/mol. The van der Waals surface area contributed by atoms with Gasteiger partial charge in [-0.2, -0.15) is 0 Å². The molecule has 0 aromatic heterocycles. The topological polar surface area (TPSA) is 29.5 Å². The van der Waals surface area contributed by atoms with Crippen molar-refractivity contribution in [2.24, 2.45) is 34.5 Å². The molecule has 4 aliphatic carbocycles. The van der Waals surface area contributed by atoms with E-state index in [-0.39, 0.29) is 0 Å². The van der Waals surface area contributed by atoms with Gasteiger partial charge in [0.1, 0.15) is 0 Å². The van der Waals surface area contributed by atoms with Gasteiger partial charge in [-0.1, -0.05) is 55.8 Å². The summed E-state index contributed by atoms with van der Waals surface area (Å²) in [6, 6.07) is 9.98. The van der Waals surface area contributed by atoms with Crippen LogP contribution in [0.5, 0.6) is 0 Å². The second kappa shape index (κ2) is 10.1. The largest absolute Gasteiger partial charge is 0.374 e. The molecule has 1 aromatic carbocycles. The summed E-state index contributed by atoms with van der Waals surface area (Å²) in [7, 11) is 4.27. The number of rotatable bonds is 8. The predicted molar refractivity (Wildman–Crippen MR) is 143 cm³/mol. The molecule has 1 aromatic rings. The van der Waals surface area contributed by atoms with E-state index in [1.54, 1.807) is 5.57 Å². The molecule has 0 bridgehead atoms. The van der Waals surface area contributed by atoms with Crippen LogP contribution in [0.25, 0.3) is 0 Å². The van der Waals surface area contributed by atoms with Crippen molar-refractivity contribution in [3.05, 3.63) is 47.5 Å². The number of fused-ring (bicyclic) bond motifs is 5. The van der Waals surface area contributed by atoms with Gasteiger partial charge < -0.3 is 9.64 Å². The SMILES string of the molecule is CN(C)CCCOC1C=C2CCC3C(CCC4(C)C(CC(=O)c5ccccc5)CCC34)C2(C)CC1. The van der Waals surface area contributed by atoms with Crippen LogP contribution in [0.3, 0.4) is 0 Å². The van der Waals surface area contributed by atoms with Crippen molar-refractivity contribution in [2.45, 2.75) is 84.2 Å². The first-order valence-corrected chi connectivity index (χ1v) is 14.4. The zero-order valence-electron chi connectivity index (χ0n) is 22.6. The molecule has 5 rings (SSSR count). The Kier molecular flexibility index (Phi) is 7.30. The lowest BCUT2D eigenvalue weighted by Gasteiger charge is -2.58. The van der Waals surface area contributed by atoms with Gasteiger partial charge in [-0.05, 0) is 113 Å². The minimum atomic E-state index is 0.325. The number of allylic oxidation sites excluding steroid dienone is 1. The summed E-state index contributed by atoms with van der Waals surface area (Å²) < 4.78 is 6.30. The lowest BCUT2D eigenvalue weighted by Crippen LogP contribution is -2.50. The number of Topliss-reactive ketones (excluding diaryl/α,β-unsaturated/α-hetero) is 1. The van der Waals surface area contributed by atoms with Gasteiger partial charge in [0.15, 0.2) is 5.78 Å². The summed E-state index contributed by atoms with van der Waals surface area (Å²) in [5.41, 5.74) is 3.32. The highest BCUT2D eigenvalue weighted by atomic mass is 16.5. The molecule has 3 nitrogen and oxygen atoms in total. The molecule has 0 radical (unpaired) electrons. The Morgan fingerprint density at radius 3 is 2.57 bits per heavy atom. The zero-order chi connectivity index (χ0) is 24.6. The van der Waals surface area contributed by atoms with E-state index >= 15 is 0 Å². The predicted octanol–water partition coefficient (Wildman–Crippen LogP) is 7.18. The highest BCUT2D eigenvalue weighted by Gasteiger charge is 2.58. The zero-order valence-corrected chi connectivity index (χ0v) is 22.6. The summed E-state index contributed by atoms with van der Waals surface area (Å²) in [4.78, 5) is 15.3. The maximum Gasteiger partial charge on any atom is 0.163 e. The highest BCUT2D eigenvalue weighted by molar-refractivity contribution is 5.96. The standard InChI is InChI=1S/C32H47NO2/c1-31-17-15-26(35-20-8-19-33(3)4)21-24(31)11-13-27-28-14-12-25(32(28,2)18-16-29(27)31)22-30(34)23-9-6-5-7-10-23/h5-7,9-10,21,25-29H,8,11-20,22H2,1-4H3. The van der Waals surface area contributed by atoms with Crippen molar-refractivity contribution in [1.29, 1.82) is 0 Å². The van der Waals surface area contributed by atoms with Crippen LogP contribution in [-0.4, -0.2) is 44.0 Å². The van der Waals surface area contributed by atoms with E-state index in [1.807, 2.05) is 30.3 Å². The van der Waals surface area contributed by atoms with E-state index in [2.05, 4.69) is 38.9 Å². The van der Waals surface area contributed by atoms with E-state index in [0.29, 0.717) is 28.6 Å². The van der Waals surface area contributed by atoms with Crippen LogP contribution in [0.1, 0.15) is 88.4 Å². The molecule has 4 aliphatic rings. The molecule has 7 atom stereocenters. The van der Waals surface area contributed by atoms with E-state index in [1.165, 1.54) is 51.4 Å². The first-order valence-electron chi connectivity index (χ1n) is 14.4. The van der Waals surface area contributed by atoms with E-state index in [0.717, 1.165) is 49.3 Å². The molecule has 3 saturated carbocycles. The Morgan fingerprint density at radius 2 is 1.80 bits per heavy atom. The summed E-state index contributed by atoms with van der Waals surface area (Å²) in [5, 5.41) is 0. The van der Waals surface area contributed by atoms with Crippen molar-refractivity contribution in [3.63, 3.8) is 0 Å². The van der Waals surface area contributed by atoms with Crippen LogP contribution in [0, 0.1) is 34.5 Å². The highest BCUT2D eigenvalue weighted by Crippen LogP contribution is 2.67. The summed E-state index contributed by atoms with van der Waals surface area (Å²) >= 11 is 0. The molecule has 0 spiro atoms. The van der Waals surface area contributed by atoms with Crippen LogP contribution >= 0.6 is 0 Å². The molecule has 3 fully saturated rings. The van der Waals surface area contributed by atoms with Gasteiger partial charge in [0.25, 0.3) is 0 Å². The number of ketones is 1. The van der Waals surface area contributed by atoms with Gasteiger partial charge in [-0.3, -0.25) is 4.79 Å². The van der Waals surface area contributed by atoms with Gasteiger partial charge in [0.2, 0.25) is 0 Å². The molecule has 3 heteroatoms. The van der Waals surface area contributed by atoms with Crippen molar-refractivity contribution < 1.29 is 9.53 Å². The molecule has 0 saturated heterocycles. The lowest BCUT2D eigenvalue weighted by molar-refractivity contribution is -0.0584. The molecule has 192 valence electrons. The van der Waals surface area contributed by atoms with Crippen LogP contribution in [0.4, 0.5) is 0 Å². The lowest BCUT2D eigenvalue weighted by atomic mass is 9.46. The summed E-state index contributed by atoms with van der Waals surface area (Å²) in [6.07, 6.45) is 15.0. The Balaban J connectivity index is 1.25. The first-order chi connectivity index (χ1) is 16.8. The Labute approximate surface area is 213 Å². The number of benzene rings is 1. The van der Waals surface area contributed by atoms with Gasteiger partial charge in [0, 0.05) is 18.6 Å². The number of carbonyl (C=O) groups excluding carboxylic acids is 1. The van der Waals surface area contributed by atoms with Gasteiger partial charge in [0.05, 0.1) is 6.10 Å². The normalized spacial score (nSPS) is 38.4. The Hall–Kier alpha value is -1.45. The fourth-order valence-electron chi connectivity index (χ4n) is 8.85. The third-order valence-electron chi connectivity index (χ3n) is 10.9. The molecule has 0 heterocycles. The fraction of sp³-hybridized carbons (Fsp3) is 0.719. The average Bonchev–Trinajstić information content (AvgIpc) is 3.18. The minimum absolute atomic E-state index is 0.325. The molecule has 35 heavy (non-hydrogen) atoms. The van der Waals surface area contributed by atoms with Crippen LogP contribution in [0.15, 0.2) is 42.0 Å². The van der Waals surface area contributed by atoms with Crippen molar-refractivity contribution >= 4 is 5.78 Å². The third kappa shape index (κ3) is 4.80. The van der Waals surface area contributed by atoms with E-state index in [4.69, 9.17) is 4.74 Å². The fourth-order valence-corrected chi connectivity index (χ4v) is 8.85. The smallest absolute Gasteiger partial charge is 0.163 e.